The number of aromatic hydroxyl groups is 1. The molecule has 1 aliphatic carbocycles. The van der Waals surface area contributed by atoms with Crippen molar-refractivity contribution in [1.82, 2.24) is 0 Å². The van der Waals surface area contributed by atoms with Crippen LogP contribution in [0.15, 0.2) is 35.9 Å². The summed E-state index contributed by atoms with van der Waals surface area (Å²) in [7, 11) is 2.02. The van der Waals surface area contributed by atoms with E-state index in [1.807, 2.05) is 25.3 Å². The first-order chi connectivity index (χ1) is 12.0. The number of nitriles is 3. The maximum absolute atomic E-state index is 9.88. The number of hydrogen-bond donors (Lipinski definition) is 3. The average Bonchev–Trinajstić information content (AvgIpc) is 2.61. The number of fused-ring (bicyclic) bond motifs is 1. The largest absolute Gasteiger partial charge is 0.508 e. The molecule has 1 fully saturated rings. The molecule has 2 aliphatic rings. The summed E-state index contributed by atoms with van der Waals surface area (Å²) < 4.78 is 0. The first-order valence-electron chi connectivity index (χ1n) is 8.09. The standard InChI is InChI=1S/C19H17N5O/c1-24-6-5-14-15(8-20)18(23)19(10-21,11-22)17(16(14)9-24)12-3-2-4-13(25)7-12/h2-5,7,15-17,23,25H,6,9H2,1H3/p+1/t15?,16-,17-/m1/s1. The third-order valence-corrected chi connectivity index (χ3v) is 5.31. The van der Waals surface area contributed by atoms with Gasteiger partial charge in [-0.3, -0.25) is 0 Å². The van der Waals surface area contributed by atoms with E-state index in [-0.39, 0.29) is 17.4 Å². The fraction of sp³-hybridized carbons (Fsp3) is 0.368. The smallest absolute Gasteiger partial charge is 0.189 e. The number of phenols is 1. The molecule has 1 aliphatic heterocycles. The zero-order chi connectivity index (χ0) is 18.2. The lowest BCUT2D eigenvalue weighted by Gasteiger charge is -2.45. The summed E-state index contributed by atoms with van der Waals surface area (Å²) in [4.78, 5) is 1.22. The second kappa shape index (κ2) is 6.06. The summed E-state index contributed by atoms with van der Waals surface area (Å²) in [6, 6.07) is 12.7. The summed E-state index contributed by atoms with van der Waals surface area (Å²) in [5.74, 6) is -1.58. The van der Waals surface area contributed by atoms with Gasteiger partial charge in [0.15, 0.2) is 5.41 Å². The van der Waals surface area contributed by atoms with Crippen LogP contribution >= 0.6 is 0 Å². The molecule has 1 aromatic rings. The molecule has 1 aromatic carbocycles. The van der Waals surface area contributed by atoms with Gasteiger partial charge in [-0.2, -0.15) is 15.8 Å². The van der Waals surface area contributed by atoms with Crippen LogP contribution in [-0.2, 0) is 0 Å². The molecule has 25 heavy (non-hydrogen) atoms. The fourth-order valence-corrected chi connectivity index (χ4v) is 4.15. The second-order valence-electron chi connectivity index (χ2n) is 6.76. The van der Waals surface area contributed by atoms with Crippen LogP contribution < -0.4 is 4.90 Å². The average molecular weight is 332 g/mol. The quantitative estimate of drug-likeness (QED) is 0.657. The molecule has 2 unspecified atom stereocenters. The molecule has 3 rings (SSSR count). The van der Waals surface area contributed by atoms with E-state index in [1.54, 1.807) is 18.2 Å². The molecule has 1 heterocycles. The van der Waals surface area contributed by atoms with Gasteiger partial charge in [0.25, 0.3) is 0 Å². The van der Waals surface area contributed by atoms with Crippen LogP contribution in [0.4, 0.5) is 0 Å². The highest BCUT2D eigenvalue weighted by Crippen LogP contribution is 2.52. The van der Waals surface area contributed by atoms with Crippen molar-refractivity contribution in [2.75, 3.05) is 20.1 Å². The molecular formula is C19H18N5O+. The fourth-order valence-electron chi connectivity index (χ4n) is 4.15. The Morgan fingerprint density at radius 2 is 2.00 bits per heavy atom. The third-order valence-electron chi connectivity index (χ3n) is 5.31. The van der Waals surface area contributed by atoms with Gasteiger partial charge in [0.05, 0.1) is 44.1 Å². The number of hydrogen-bond acceptors (Lipinski definition) is 5. The van der Waals surface area contributed by atoms with Crippen molar-refractivity contribution >= 4 is 5.71 Å². The van der Waals surface area contributed by atoms with Crippen molar-refractivity contribution in [3.05, 3.63) is 41.5 Å². The summed E-state index contributed by atoms with van der Waals surface area (Å²) in [5.41, 5.74) is -0.397. The minimum absolute atomic E-state index is 0.0539. The molecule has 4 atom stereocenters. The highest BCUT2D eigenvalue weighted by Gasteiger charge is 2.58. The Morgan fingerprint density at radius 3 is 2.60 bits per heavy atom. The van der Waals surface area contributed by atoms with Gasteiger partial charge in [0, 0.05) is 11.8 Å². The first kappa shape index (κ1) is 16.7. The molecule has 0 amide bonds. The van der Waals surface area contributed by atoms with E-state index in [0.717, 1.165) is 12.1 Å². The van der Waals surface area contributed by atoms with Gasteiger partial charge in [0.2, 0.25) is 0 Å². The molecule has 1 saturated carbocycles. The lowest BCUT2D eigenvalue weighted by molar-refractivity contribution is -0.878. The minimum Gasteiger partial charge on any atom is -0.508 e. The van der Waals surface area contributed by atoms with E-state index < -0.39 is 17.3 Å². The van der Waals surface area contributed by atoms with Crippen LogP contribution in [0.2, 0.25) is 0 Å². The van der Waals surface area contributed by atoms with Crippen LogP contribution in [0.5, 0.6) is 5.75 Å². The van der Waals surface area contributed by atoms with Gasteiger partial charge < -0.3 is 15.4 Å². The van der Waals surface area contributed by atoms with Crippen LogP contribution in [-0.4, -0.2) is 31.0 Å². The monoisotopic (exact) mass is 332 g/mol. The number of nitrogens with one attached hydrogen (secondary N) is 2. The summed E-state index contributed by atoms with van der Waals surface area (Å²) in [6.07, 6.45) is 1.97. The van der Waals surface area contributed by atoms with Crippen LogP contribution in [0.3, 0.4) is 0 Å². The van der Waals surface area contributed by atoms with E-state index >= 15 is 0 Å². The Labute approximate surface area is 146 Å². The van der Waals surface area contributed by atoms with Gasteiger partial charge >= 0.3 is 0 Å². The van der Waals surface area contributed by atoms with Crippen molar-refractivity contribution in [3.8, 4) is 24.0 Å². The SMILES string of the molecule is C[NH+]1CC=C2C(C#N)C(=N)C(C#N)(C#N)[C@H](c3cccc(O)c3)[C@@H]2C1. The van der Waals surface area contributed by atoms with Crippen molar-refractivity contribution < 1.29 is 10.0 Å². The van der Waals surface area contributed by atoms with Gasteiger partial charge in [-0.15, -0.1) is 0 Å². The van der Waals surface area contributed by atoms with E-state index in [1.165, 1.54) is 11.0 Å². The molecule has 0 spiro atoms. The zero-order valence-corrected chi connectivity index (χ0v) is 13.8. The predicted octanol–water partition coefficient (Wildman–Crippen LogP) is 0.753. The Balaban J connectivity index is 2.28. The summed E-state index contributed by atoms with van der Waals surface area (Å²) >= 11 is 0. The van der Waals surface area contributed by atoms with E-state index in [9.17, 15) is 20.9 Å². The van der Waals surface area contributed by atoms with E-state index in [2.05, 4.69) is 6.07 Å². The Bertz CT molecular complexity index is 868. The maximum Gasteiger partial charge on any atom is 0.189 e. The molecule has 0 saturated heterocycles. The number of quaternary nitrogens is 1. The first-order valence-corrected chi connectivity index (χ1v) is 8.09. The summed E-state index contributed by atoms with van der Waals surface area (Å²) in [6.45, 7) is 1.42. The summed E-state index contributed by atoms with van der Waals surface area (Å²) in [5, 5.41) is 47.7. The van der Waals surface area contributed by atoms with Crippen molar-refractivity contribution in [2.45, 2.75) is 5.92 Å². The molecule has 6 nitrogen and oxygen atoms in total. The van der Waals surface area contributed by atoms with Crippen LogP contribution in [0.25, 0.3) is 0 Å². The van der Waals surface area contributed by atoms with Gasteiger partial charge in [-0.05, 0) is 29.3 Å². The van der Waals surface area contributed by atoms with Crippen molar-refractivity contribution in [3.63, 3.8) is 0 Å². The minimum atomic E-state index is -1.71. The van der Waals surface area contributed by atoms with Gasteiger partial charge in [-0.1, -0.05) is 12.1 Å². The maximum atomic E-state index is 9.88. The predicted molar refractivity (Wildman–Crippen MR) is 89.5 cm³/mol. The molecular weight excluding hydrogens is 314 g/mol. The normalized spacial score (nSPS) is 30.2. The number of phenolic OH excluding ortho intramolecular Hbond substituents is 1. The van der Waals surface area contributed by atoms with Crippen molar-refractivity contribution in [1.29, 1.82) is 21.2 Å². The van der Waals surface area contributed by atoms with E-state index in [4.69, 9.17) is 5.41 Å². The number of likely N-dealkylation sites (N-methyl/N-ethyl adjacent to an activating group) is 1. The third kappa shape index (κ3) is 2.38. The molecule has 0 bridgehead atoms. The molecule has 6 heteroatoms. The Kier molecular flexibility index (Phi) is 4.05. The van der Waals surface area contributed by atoms with Gasteiger partial charge in [-0.25, -0.2) is 0 Å². The van der Waals surface area contributed by atoms with E-state index in [0.29, 0.717) is 12.1 Å². The lowest BCUT2D eigenvalue weighted by Crippen LogP contribution is -3.10. The van der Waals surface area contributed by atoms with Crippen LogP contribution in [0.1, 0.15) is 11.5 Å². The zero-order valence-electron chi connectivity index (χ0n) is 13.8. The van der Waals surface area contributed by atoms with Gasteiger partial charge in [0.1, 0.15) is 11.7 Å². The molecule has 0 aromatic heterocycles. The lowest BCUT2D eigenvalue weighted by atomic mass is 9.54. The topological polar surface area (TPSA) is 120 Å². The molecule has 0 radical (unpaired) electrons. The highest BCUT2D eigenvalue weighted by molar-refractivity contribution is 6.00. The highest BCUT2D eigenvalue weighted by atomic mass is 16.3. The van der Waals surface area contributed by atoms with Crippen LogP contribution in [0, 0.1) is 56.7 Å². The number of rotatable bonds is 1. The van der Waals surface area contributed by atoms with Crippen molar-refractivity contribution in [2.24, 2.45) is 17.3 Å². The molecule has 3 N–H and O–H groups in total. The second-order valence-corrected chi connectivity index (χ2v) is 6.76. The number of nitrogens with zero attached hydrogens (tertiary/aromatic N) is 3. The Morgan fingerprint density at radius 1 is 1.28 bits per heavy atom. The number of benzene rings is 1. The molecule has 124 valence electrons. The Hall–Kier alpha value is -3.14.